The zero-order valence-corrected chi connectivity index (χ0v) is 13.6. The number of hydrogen-bond donors (Lipinski definition) is 2. The minimum atomic E-state index is 0.152. The summed E-state index contributed by atoms with van der Waals surface area (Å²) in [5.41, 5.74) is 8.56. The standard InChI is InChI=1S/C19H28N2O/c1-13-7-5-6-10-15(13)16-11-17(16)19(22)21-18(12-20)14-8-3-2-4-9-14/h5-7,10,14,16-18H,2-4,8-9,11-12,20H2,1H3,(H,21,22). The molecule has 3 atom stereocenters. The number of benzene rings is 1. The zero-order chi connectivity index (χ0) is 15.5. The van der Waals surface area contributed by atoms with Gasteiger partial charge in [-0.3, -0.25) is 4.79 Å². The monoisotopic (exact) mass is 300 g/mol. The molecule has 0 aromatic heterocycles. The molecule has 1 aromatic rings. The van der Waals surface area contributed by atoms with Crippen LogP contribution in [-0.2, 0) is 4.79 Å². The molecule has 2 saturated carbocycles. The molecule has 0 radical (unpaired) electrons. The van der Waals surface area contributed by atoms with Crippen molar-refractivity contribution in [3.63, 3.8) is 0 Å². The van der Waals surface area contributed by atoms with Crippen LogP contribution < -0.4 is 11.1 Å². The second-order valence-electron chi connectivity index (χ2n) is 7.05. The molecule has 0 saturated heterocycles. The molecular formula is C19H28N2O. The van der Waals surface area contributed by atoms with E-state index >= 15 is 0 Å². The van der Waals surface area contributed by atoms with Gasteiger partial charge in [0.15, 0.2) is 0 Å². The smallest absolute Gasteiger partial charge is 0.224 e. The Morgan fingerprint density at radius 3 is 2.68 bits per heavy atom. The molecule has 120 valence electrons. The van der Waals surface area contributed by atoms with Crippen LogP contribution in [0.3, 0.4) is 0 Å². The van der Waals surface area contributed by atoms with Crippen molar-refractivity contribution >= 4 is 5.91 Å². The molecule has 2 fully saturated rings. The van der Waals surface area contributed by atoms with Crippen molar-refractivity contribution in [2.75, 3.05) is 6.54 Å². The van der Waals surface area contributed by atoms with E-state index in [1.54, 1.807) is 0 Å². The van der Waals surface area contributed by atoms with Gasteiger partial charge in [0, 0.05) is 18.5 Å². The van der Waals surface area contributed by atoms with Gasteiger partial charge >= 0.3 is 0 Å². The lowest BCUT2D eigenvalue weighted by atomic mass is 9.84. The second-order valence-corrected chi connectivity index (χ2v) is 7.05. The first kappa shape index (κ1) is 15.5. The number of nitrogens with one attached hydrogen (secondary N) is 1. The molecule has 0 bridgehead atoms. The lowest BCUT2D eigenvalue weighted by Gasteiger charge is -2.30. The third kappa shape index (κ3) is 3.35. The molecule has 0 aliphatic heterocycles. The van der Waals surface area contributed by atoms with Gasteiger partial charge in [-0.1, -0.05) is 43.5 Å². The Labute approximate surface area is 133 Å². The number of hydrogen-bond acceptors (Lipinski definition) is 2. The fraction of sp³-hybridized carbons (Fsp3) is 0.632. The van der Waals surface area contributed by atoms with Crippen LogP contribution in [0.2, 0.25) is 0 Å². The Kier molecular flexibility index (Phi) is 4.82. The van der Waals surface area contributed by atoms with E-state index in [4.69, 9.17) is 5.73 Å². The van der Waals surface area contributed by atoms with E-state index in [1.807, 2.05) is 0 Å². The van der Waals surface area contributed by atoms with Gasteiger partial charge in [-0.2, -0.15) is 0 Å². The Hall–Kier alpha value is -1.35. The number of carbonyl (C=O) groups excluding carboxylic acids is 1. The summed E-state index contributed by atoms with van der Waals surface area (Å²) < 4.78 is 0. The van der Waals surface area contributed by atoms with Crippen LogP contribution >= 0.6 is 0 Å². The van der Waals surface area contributed by atoms with Gasteiger partial charge in [0.2, 0.25) is 5.91 Å². The number of rotatable bonds is 5. The molecule has 3 heteroatoms. The Balaban J connectivity index is 1.57. The second kappa shape index (κ2) is 6.82. The molecule has 2 aliphatic rings. The summed E-state index contributed by atoms with van der Waals surface area (Å²) in [5, 5.41) is 3.25. The van der Waals surface area contributed by atoms with Crippen LogP contribution in [0.15, 0.2) is 24.3 Å². The van der Waals surface area contributed by atoms with Crippen molar-refractivity contribution in [3.05, 3.63) is 35.4 Å². The number of aryl methyl sites for hydroxylation is 1. The highest BCUT2D eigenvalue weighted by Gasteiger charge is 2.45. The third-order valence-corrected chi connectivity index (χ3v) is 5.52. The van der Waals surface area contributed by atoms with Crippen LogP contribution in [0.25, 0.3) is 0 Å². The first-order chi connectivity index (χ1) is 10.7. The first-order valence-electron chi connectivity index (χ1n) is 8.76. The molecule has 3 N–H and O–H groups in total. The maximum absolute atomic E-state index is 12.5. The van der Waals surface area contributed by atoms with Gasteiger partial charge in [0.1, 0.15) is 0 Å². The van der Waals surface area contributed by atoms with Crippen LogP contribution in [0.4, 0.5) is 0 Å². The quantitative estimate of drug-likeness (QED) is 0.878. The van der Waals surface area contributed by atoms with E-state index in [-0.39, 0.29) is 17.9 Å². The van der Waals surface area contributed by atoms with Crippen molar-refractivity contribution in [3.8, 4) is 0 Å². The minimum absolute atomic E-state index is 0.152. The molecule has 2 aliphatic carbocycles. The lowest BCUT2D eigenvalue weighted by Crippen LogP contribution is -2.46. The minimum Gasteiger partial charge on any atom is -0.352 e. The predicted molar refractivity (Wildman–Crippen MR) is 89.6 cm³/mol. The van der Waals surface area contributed by atoms with Gasteiger partial charge in [-0.05, 0) is 49.1 Å². The number of carbonyl (C=O) groups is 1. The highest BCUT2D eigenvalue weighted by molar-refractivity contribution is 5.83. The number of nitrogens with two attached hydrogens (primary N) is 1. The van der Waals surface area contributed by atoms with Crippen molar-refractivity contribution in [2.24, 2.45) is 17.6 Å². The molecule has 22 heavy (non-hydrogen) atoms. The fourth-order valence-corrected chi connectivity index (χ4v) is 4.03. The van der Waals surface area contributed by atoms with Crippen LogP contribution in [-0.4, -0.2) is 18.5 Å². The van der Waals surface area contributed by atoms with Gasteiger partial charge in [0.25, 0.3) is 0 Å². The van der Waals surface area contributed by atoms with E-state index in [9.17, 15) is 4.79 Å². The van der Waals surface area contributed by atoms with Gasteiger partial charge in [0.05, 0.1) is 0 Å². The molecular weight excluding hydrogens is 272 g/mol. The van der Waals surface area contributed by atoms with E-state index in [1.165, 1.54) is 43.2 Å². The van der Waals surface area contributed by atoms with Crippen molar-refractivity contribution in [2.45, 2.75) is 57.4 Å². The van der Waals surface area contributed by atoms with Gasteiger partial charge in [-0.15, -0.1) is 0 Å². The first-order valence-corrected chi connectivity index (χ1v) is 8.76. The summed E-state index contributed by atoms with van der Waals surface area (Å²) in [7, 11) is 0. The van der Waals surface area contributed by atoms with E-state index < -0.39 is 0 Å². The normalized spacial score (nSPS) is 26.5. The summed E-state index contributed by atoms with van der Waals surface area (Å²) in [5.74, 6) is 1.36. The molecule has 0 heterocycles. The highest BCUT2D eigenvalue weighted by atomic mass is 16.2. The Morgan fingerprint density at radius 1 is 1.27 bits per heavy atom. The molecule has 1 amide bonds. The topological polar surface area (TPSA) is 55.1 Å². The predicted octanol–water partition coefficient (Wildman–Crippen LogP) is 3.12. The van der Waals surface area contributed by atoms with Crippen molar-refractivity contribution < 1.29 is 4.79 Å². The fourth-order valence-electron chi connectivity index (χ4n) is 4.03. The molecule has 1 aromatic carbocycles. The number of amides is 1. The average Bonchev–Trinajstić information content (AvgIpc) is 3.34. The van der Waals surface area contributed by atoms with Gasteiger partial charge < -0.3 is 11.1 Å². The summed E-state index contributed by atoms with van der Waals surface area (Å²) in [6.45, 7) is 2.70. The average molecular weight is 300 g/mol. The Bertz CT molecular complexity index is 522. The lowest BCUT2D eigenvalue weighted by molar-refractivity contribution is -0.123. The summed E-state index contributed by atoms with van der Waals surface area (Å²) >= 11 is 0. The molecule has 3 unspecified atom stereocenters. The third-order valence-electron chi connectivity index (χ3n) is 5.52. The SMILES string of the molecule is Cc1ccccc1C1CC1C(=O)NC(CN)C1CCCCC1. The summed E-state index contributed by atoms with van der Waals surface area (Å²) in [6, 6.07) is 8.60. The van der Waals surface area contributed by atoms with Crippen LogP contribution in [0, 0.1) is 18.8 Å². The maximum Gasteiger partial charge on any atom is 0.224 e. The molecule has 3 rings (SSSR count). The zero-order valence-electron chi connectivity index (χ0n) is 13.6. The van der Waals surface area contributed by atoms with Crippen LogP contribution in [0.1, 0.15) is 55.6 Å². The molecule has 3 nitrogen and oxygen atoms in total. The van der Waals surface area contributed by atoms with E-state index in [0.717, 1.165) is 6.42 Å². The maximum atomic E-state index is 12.5. The van der Waals surface area contributed by atoms with E-state index in [0.29, 0.717) is 18.4 Å². The van der Waals surface area contributed by atoms with Gasteiger partial charge in [-0.25, -0.2) is 0 Å². The summed E-state index contributed by atoms with van der Waals surface area (Å²) in [4.78, 5) is 12.5. The molecule has 0 spiro atoms. The largest absolute Gasteiger partial charge is 0.352 e. The Morgan fingerprint density at radius 2 is 2.00 bits per heavy atom. The summed E-state index contributed by atoms with van der Waals surface area (Å²) in [6.07, 6.45) is 7.32. The highest BCUT2D eigenvalue weighted by Crippen LogP contribution is 2.48. The van der Waals surface area contributed by atoms with Crippen molar-refractivity contribution in [1.82, 2.24) is 5.32 Å². The van der Waals surface area contributed by atoms with Crippen LogP contribution in [0.5, 0.6) is 0 Å². The van der Waals surface area contributed by atoms with E-state index in [2.05, 4.69) is 36.5 Å². The van der Waals surface area contributed by atoms with Crippen molar-refractivity contribution in [1.29, 1.82) is 0 Å².